The van der Waals surface area contributed by atoms with Crippen molar-refractivity contribution in [2.45, 2.75) is 52.2 Å². The summed E-state index contributed by atoms with van der Waals surface area (Å²) >= 11 is 0. The normalized spacial score (nSPS) is 22.8. The van der Waals surface area contributed by atoms with Gasteiger partial charge in [-0.05, 0) is 45.6 Å². The second-order valence-corrected chi connectivity index (χ2v) is 8.72. The van der Waals surface area contributed by atoms with Crippen molar-refractivity contribution < 1.29 is 19.1 Å². The Balaban J connectivity index is 1.54. The molecule has 2 heterocycles. The number of amides is 2. The number of benzene rings is 1. The highest BCUT2D eigenvalue weighted by Gasteiger charge is 2.44. The minimum Gasteiger partial charge on any atom is -0.445 e. The molecule has 6 heteroatoms. The lowest BCUT2D eigenvalue weighted by atomic mass is 9.79. The van der Waals surface area contributed by atoms with E-state index in [9.17, 15) is 9.59 Å². The molecule has 2 aliphatic rings. The molecule has 0 aliphatic carbocycles. The third-order valence-corrected chi connectivity index (χ3v) is 5.21. The zero-order valence-electron chi connectivity index (χ0n) is 16.6. The first-order chi connectivity index (χ1) is 12.8. The van der Waals surface area contributed by atoms with E-state index in [2.05, 4.69) is 0 Å². The van der Waals surface area contributed by atoms with Crippen molar-refractivity contribution in [2.75, 3.05) is 26.2 Å². The summed E-state index contributed by atoms with van der Waals surface area (Å²) in [5.74, 6) is 0. The van der Waals surface area contributed by atoms with Crippen molar-refractivity contribution >= 4 is 12.2 Å². The van der Waals surface area contributed by atoms with Gasteiger partial charge in [-0.25, -0.2) is 9.59 Å². The van der Waals surface area contributed by atoms with Crippen LogP contribution in [0.4, 0.5) is 9.59 Å². The second kappa shape index (κ2) is 7.79. The van der Waals surface area contributed by atoms with Crippen molar-refractivity contribution in [1.29, 1.82) is 0 Å². The number of carbonyl (C=O) groups excluding carboxylic acids is 2. The molecule has 1 unspecified atom stereocenters. The fraction of sp³-hybridized carbons (Fsp3) is 0.619. The molecular formula is C21H30N2O4. The van der Waals surface area contributed by atoms with Crippen molar-refractivity contribution in [3.8, 4) is 0 Å². The number of hydrogen-bond acceptors (Lipinski definition) is 4. The summed E-state index contributed by atoms with van der Waals surface area (Å²) in [6.45, 7) is 8.60. The van der Waals surface area contributed by atoms with Gasteiger partial charge in [0.25, 0.3) is 0 Å². The molecular weight excluding hydrogens is 344 g/mol. The molecule has 1 spiro atoms. The molecule has 1 aromatic carbocycles. The van der Waals surface area contributed by atoms with E-state index in [1.54, 1.807) is 9.80 Å². The molecule has 2 saturated heterocycles. The second-order valence-electron chi connectivity index (χ2n) is 8.72. The van der Waals surface area contributed by atoms with Crippen molar-refractivity contribution in [3.63, 3.8) is 0 Å². The molecule has 0 bridgehead atoms. The highest BCUT2D eigenvalue weighted by Crippen LogP contribution is 2.39. The molecule has 0 radical (unpaired) electrons. The lowest BCUT2D eigenvalue weighted by molar-refractivity contribution is 0.00539. The van der Waals surface area contributed by atoms with Crippen LogP contribution >= 0.6 is 0 Å². The highest BCUT2D eigenvalue weighted by molar-refractivity contribution is 5.69. The number of piperidine rings is 1. The maximum Gasteiger partial charge on any atom is 0.410 e. The van der Waals surface area contributed by atoms with E-state index in [1.807, 2.05) is 51.1 Å². The number of carbonyl (C=O) groups is 2. The highest BCUT2D eigenvalue weighted by atomic mass is 16.6. The van der Waals surface area contributed by atoms with E-state index in [0.717, 1.165) is 31.4 Å². The first-order valence-electron chi connectivity index (χ1n) is 9.70. The fourth-order valence-electron chi connectivity index (χ4n) is 3.92. The van der Waals surface area contributed by atoms with E-state index in [4.69, 9.17) is 9.47 Å². The van der Waals surface area contributed by atoms with Gasteiger partial charge in [-0.3, -0.25) is 0 Å². The number of rotatable bonds is 2. The number of hydrogen-bond donors (Lipinski definition) is 0. The van der Waals surface area contributed by atoms with Gasteiger partial charge in [0, 0.05) is 31.6 Å². The molecule has 1 aromatic rings. The molecule has 0 N–H and O–H groups in total. The summed E-state index contributed by atoms with van der Waals surface area (Å²) in [6.07, 6.45) is 2.32. The largest absolute Gasteiger partial charge is 0.445 e. The summed E-state index contributed by atoms with van der Waals surface area (Å²) < 4.78 is 11.0. The third kappa shape index (κ3) is 5.15. The lowest BCUT2D eigenvalue weighted by Gasteiger charge is -2.40. The van der Waals surface area contributed by atoms with Crippen molar-refractivity contribution in [1.82, 2.24) is 9.80 Å². The summed E-state index contributed by atoms with van der Waals surface area (Å²) in [5.41, 5.74) is 0.444. The average molecular weight is 374 g/mol. The third-order valence-electron chi connectivity index (χ3n) is 5.21. The predicted molar refractivity (Wildman–Crippen MR) is 102 cm³/mol. The van der Waals surface area contributed by atoms with Crippen LogP contribution in [0.15, 0.2) is 30.3 Å². The van der Waals surface area contributed by atoms with E-state index in [1.165, 1.54) is 0 Å². The van der Waals surface area contributed by atoms with Gasteiger partial charge in [-0.15, -0.1) is 0 Å². The lowest BCUT2D eigenvalue weighted by Crippen LogP contribution is -2.49. The molecule has 27 heavy (non-hydrogen) atoms. The first kappa shape index (κ1) is 19.5. The predicted octanol–water partition coefficient (Wildman–Crippen LogP) is 4.05. The van der Waals surface area contributed by atoms with E-state index in [-0.39, 0.29) is 24.2 Å². The fourth-order valence-corrected chi connectivity index (χ4v) is 3.92. The topological polar surface area (TPSA) is 59.1 Å². The maximum atomic E-state index is 12.4. The Morgan fingerprint density at radius 3 is 2.33 bits per heavy atom. The SMILES string of the molecule is CC(C)(C)OC(=O)N1CCCC2(CCN(C(=O)OCc3ccccc3)C2)C1. The van der Waals surface area contributed by atoms with Crippen LogP contribution in [0.2, 0.25) is 0 Å². The van der Waals surface area contributed by atoms with Gasteiger partial charge in [0.2, 0.25) is 0 Å². The Labute approximate surface area is 161 Å². The summed E-state index contributed by atoms with van der Waals surface area (Å²) in [7, 11) is 0. The zero-order chi connectivity index (χ0) is 19.5. The van der Waals surface area contributed by atoms with E-state index >= 15 is 0 Å². The molecule has 148 valence electrons. The minimum absolute atomic E-state index is 0.0408. The zero-order valence-corrected chi connectivity index (χ0v) is 16.6. The van der Waals surface area contributed by atoms with Crippen LogP contribution < -0.4 is 0 Å². The van der Waals surface area contributed by atoms with Crippen LogP contribution in [0.25, 0.3) is 0 Å². The van der Waals surface area contributed by atoms with Gasteiger partial charge in [-0.2, -0.15) is 0 Å². The molecule has 2 fully saturated rings. The van der Waals surface area contributed by atoms with Crippen LogP contribution in [0, 0.1) is 5.41 Å². The monoisotopic (exact) mass is 374 g/mol. The molecule has 2 aliphatic heterocycles. The Hall–Kier alpha value is -2.24. The van der Waals surface area contributed by atoms with Crippen molar-refractivity contribution in [3.05, 3.63) is 35.9 Å². The number of nitrogens with zero attached hydrogens (tertiary/aromatic N) is 2. The Kier molecular flexibility index (Phi) is 5.63. The summed E-state index contributed by atoms with van der Waals surface area (Å²) in [5, 5.41) is 0. The van der Waals surface area contributed by atoms with Gasteiger partial charge in [0.05, 0.1) is 0 Å². The average Bonchev–Trinajstić information content (AvgIpc) is 3.02. The standard InChI is InChI=1S/C21H30N2O4/c1-20(2,3)27-19(25)22-12-7-10-21(15-22)11-13-23(16-21)18(24)26-14-17-8-5-4-6-9-17/h4-6,8-9H,7,10-16H2,1-3H3. The van der Waals surface area contributed by atoms with Gasteiger partial charge in [-0.1, -0.05) is 30.3 Å². The molecule has 2 amide bonds. The first-order valence-corrected chi connectivity index (χ1v) is 9.70. The summed E-state index contributed by atoms with van der Waals surface area (Å²) in [4.78, 5) is 28.5. The Bertz CT molecular complexity index is 671. The molecule has 3 rings (SSSR count). The van der Waals surface area contributed by atoms with Crippen LogP contribution in [0.1, 0.15) is 45.6 Å². The van der Waals surface area contributed by atoms with Crippen molar-refractivity contribution in [2.24, 2.45) is 5.41 Å². The smallest absolute Gasteiger partial charge is 0.410 e. The van der Waals surface area contributed by atoms with Gasteiger partial charge in [0.1, 0.15) is 12.2 Å². The molecule has 1 atom stereocenters. The minimum atomic E-state index is -0.495. The van der Waals surface area contributed by atoms with Crippen LogP contribution in [0.3, 0.4) is 0 Å². The quantitative estimate of drug-likeness (QED) is 0.784. The van der Waals surface area contributed by atoms with Gasteiger partial charge in [0.15, 0.2) is 0 Å². The number of likely N-dealkylation sites (tertiary alicyclic amines) is 2. The Morgan fingerprint density at radius 1 is 1.00 bits per heavy atom. The van der Waals surface area contributed by atoms with E-state index < -0.39 is 5.60 Å². The molecule has 6 nitrogen and oxygen atoms in total. The van der Waals surface area contributed by atoms with Gasteiger partial charge >= 0.3 is 12.2 Å². The van der Waals surface area contributed by atoms with E-state index in [0.29, 0.717) is 19.6 Å². The van der Waals surface area contributed by atoms with Crippen LogP contribution in [0.5, 0.6) is 0 Å². The van der Waals surface area contributed by atoms with Crippen LogP contribution in [-0.4, -0.2) is 53.8 Å². The van der Waals surface area contributed by atoms with Gasteiger partial charge < -0.3 is 19.3 Å². The molecule has 0 aromatic heterocycles. The molecule has 0 saturated carbocycles. The Morgan fingerprint density at radius 2 is 1.67 bits per heavy atom. The summed E-state index contributed by atoms with van der Waals surface area (Å²) in [6, 6.07) is 9.69. The maximum absolute atomic E-state index is 12.4. The van der Waals surface area contributed by atoms with Crippen LogP contribution in [-0.2, 0) is 16.1 Å². The number of ether oxygens (including phenoxy) is 2.